The van der Waals surface area contributed by atoms with Gasteiger partial charge in [-0.15, -0.1) is 0 Å². The first-order valence-corrected chi connectivity index (χ1v) is 13.4. The van der Waals surface area contributed by atoms with Crippen LogP contribution in [0.3, 0.4) is 0 Å². The van der Waals surface area contributed by atoms with Gasteiger partial charge in [-0.2, -0.15) is 0 Å². The monoisotopic (exact) mass is 441 g/mol. The Kier molecular flexibility index (Phi) is 8.11. The summed E-state index contributed by atoms with van der Waals surface area (Å²) in [5.41, 5.74) is 0. The molecule has 0 amide bonds. The van der Waals surface area contributed by atoms with Gasteiger partial charge in [0.2, 0.25) is 0 Å². The van der Waals surface area contributed by atoms with Crippen molar-refractivity contribution in [3.05, 3.63) is 60.7 Å². The van der Waals surface area contributed by atoms with E-state index in [0.717, 1.165) is 39.3 Å². The average molecular weight is 442 g/mol. The van der Waals surface area contributed by atoms with E-state index in [1.165, 1.54) is 10.4 Å². The molecule has 1 fully saturated rings. The molecule has 31 heavy (non-hydrogen) atoms. The van der Waals surface area contributed by atoms with Crippen LogP contribution in [-0.2, 0) is 13.9 Å². The van der Waals surface area contributed by atoms with Crippen molar-refractivity contribution in [3.8, 4) is 0 Å². The lowest BCUT2D eigenvalue weighted by Crippen LogP contribution is -2.66. The van der Waals surface area contributed by atoms with Crippen molar-refractivity contribution in [1.82, 2.24) is 5.32 Å². The van der Waals surface area contributed by atoms with Gasteiger partial charge in [-0.25, -0.2) is 0 Å². The van der Waals surface area contributed by atoms with Crippen LogP contribution >= 0.6 is 0 Å². The zero-order valence-electron chi connectivity index (χ0n) is 19.8. The molecule has 0 aliphatic carbocycles. The fraction of sp³-hybridized carbons (Fsp3) is 0.538. The van der Waals surface area contributed by atoms with E-state index in [1.54, 1.807) is 0 Å². The first kappa shape index (κ1) is 24.1. The molecule has 1 saturated heterocycles. The predicted octanol–water partition coefficient (Wildman–Crippen LogP) is 3.94. The fourth-order valence-corrected chi connectivity index (χ4v) is 8.94. The zero-order chi connectivity index (χ0) is 22.4. The number of rotatable bonds is 9. The Morgan fingerprint density at radius 2 is 1.45 bits per heavy atom. The average Bonchev–Trinajstić information content (AvgIpc) is 2.75. The minimum absolute atomic E-state index is 0.0205. The summed E-state index contributed by atoms with van der Waals surface area (Å²) in [6.45, 7) is 15.0. The quantitative estimate of drug-likeness (QED) is 0.473. The third-order valence-electron chi connectivity index (χ3n) is 6.00. The van der Waals surface area contributed by atoms with Gasteiger partial charge in [0.05, 0.1) is 13.2 Å². The third kappa shape index (κ3) is 6.05. The van der Waals surface area contributed by atoms with Crippen molar-refractivity contribution in [2.24, 2.45) is 5.92 Å². The Labute approximate surface area is 189 Å². The SMILES string of the molecule is CC1(C)OCC(CNCCCO[Si](c2ccccc2)(c2ccccc2)C(C)(C)C)CO1. The second kappa shape index (κ2) is 10.4. The lowest BCUT2D eigenvalue weighted by Gasteiger charge is -2.43. The number of ether oxygens (including phenoxy) is 2. The van der Waals surface area contributed by atoms with Crippen molar-refractivity contribution >= 4 is 18.7 Å². The number of hydrogen-bond donors (Lipinski definition) is 1. The normalized spacial score (nSPS) is 17.6. The van der Waals surface area contributed by atoms with Crippen LogP contribution in [0.4, 0.5) is 0 Å². The Balaban J connectivity index is 1.61. The number of benzene rings is 2. The molecule has 0 atom stereocenters. The molecule has 1 aliphatic heterocycles. The van der Waals surface area contributed by atoms with Crippen molar-refractivity contribution in [2.45, 2.75) is 51.9 Å². The third-order valence-corrected chi connectivity index (χ3v) is 11.0. The van der Waals surface area contributed by atoms with Gasteiger partial charge in [-0.3, -0.25) is 0 Å². The summed E-state index contributed by atoms with van der Waals surface area (Å²) < 4.78 is 18.4. The van der Waals surface area contributed by atoms with Crippen molar-refractivity contribution in [1.29, 1.82) is 0 Å². The molecule has 5 heteroatoms. The van der Waals surface area contributed by atoms with Gasteiger partial charge in [-0.1, -0.05) is 81.4 Å². The van der Waals surface area contributed by atoms with Crippen LogP contribution in [0.1, 0.15) is 41.0 Å². The molecule has 170 valence electrons. The van der Waals surface area contributed by atoms with Crippen LogP contribution in [0.5, 0.6) is 0 Å². The van der Waals surface area contributed by atoms with Crippen molar-refractivity contribution in [2.75, 3.05) is 32.9 Å². The van der Waals surface area contributed by atoms with Crippen LogP contribution in [0.2, 0.25) is 5.04 Å². The van der Waals surface area contributed by atoms with Crippen molar-refractivity contribution < 1.29 is 13.9 Å². The highest BCUT2D eigenvalue weighted by molar-refractivity contribution is 6.99. The molecule has 1 aliphatic rings. The minimum Gasteiger partial charge on any atom is -0.407 e. The van der Waals surface area contributed by atoms with Crippen LogP contribution < -0.4 is 15.7 Å². The highest BCUT2D eigenvalue weighted by atomic mass is 28.4. The van der Waals surface area contributed by atoms with E-state index in [9.17, 15) is 0 Å². The second-order valence-electron chi connectivity index (χ2n) is 9.96. The maximum Gasteiger partial charge on any atom is 0.261 e. The summed E-state index contributed by atoms with van der Waals surface area (Å²) in [5.74, 6) is -0.0363. The van der Waals surface area contributed by atoms with Crippen LogP contribution in [-0.4, -0.2) is 47.0 Å². The van der Waals surface area contributed by atoms with Crippen LogP contribution in [0, 0.1) is 5.92 Å². The topological polar surface area (TPSA) is 39.7 Å². The first-order valence-electron chi connectivity index (χ1n) is 11.5. The van der Waals surface area contributed by atoms with E-state index in [1.807, 2.05) is 13.8 Å². The van der Waals surface area contributed by atoms with E-state index in [0.29, 0.717) is 5.92 Å². The maximum atomic E-state index is 6.94. The Hall–Kier alpha value is -1.50. The summed E-state index contributed by atoms with van der Waals surface area (Å²) in [6.07, 6.45) is 0.977. The molecule has 3 rings (SSSR count). The second-order valence-corrected chi connectivity index (χ2v) is 14.3. The molecular formula is C26H39NO3Si. The van der Waals surface area contributed by atoms with Gasteiger partial charge < -0.3 is 19.2 Å². The first-order chi connectivity index (χ1) is 14.7. The van der Waals surface area contributed by atoms with Crippen LogP contribution in [0.25, 0.3) is 0 Å². The molecule has 4 nitrogen and oxygen atoms in total. The maximum absolute atomic E-state index is 6.94. The Bertz CT molecular complexity index is 740. The molecule has 2 aromatic carbocycles. The summed E-state index contributed by atoms with van der Waals surface area (Å²) in [7, 11) is -2.43. The van der Waals surface area contributed by atoms with Gasteiger partial charge >= 0.3 is 0 Å². The highest BCUT2D eigenvalue weighted by Gasteiger charge is 2.49. The summed E-state index contributed by atoms with van der Waals surface area (Å²) in [5, 5.41) is 6.25. The highest BCUT2D eigenvalue weighted by Crippen LogP contribution is 2.36. The molecule has 0 aromatic heterocycles. The standard InChI is InChI=1S/C26H39NO3Si/c1-25(2,3)31(23-13-8-6-9-14-23,24-15-10-7-11-16-24)30-18-12-17-27-19-22-20-28-26(4,5)29-21-22/h6-11,13-16,22,27H,12,17-21H2,1-5H3. The van der Waals surface area contributed by atoms with E-state index >= 15 is 0 Å². The lowest BCUT2D eigenvalue weighted by atomic mass is 10.1. The largest absolute Gasteiger partial charge is 0.407 e. The van der Waals surface area contributed by atoms with Gasteiger partial charge in [0.25, 0.3) is 8.32 Å². The molecule has 1 heterocycles. The summed E-state index contributed by atoms with van der Waals surface area (Å²) in [6, 6.07) is 21.7. The van der Waals surface area contributed by atoms with E-state index in [-0.39, 0.29) is 5.04 Å². The predicted molar refractivity (Wildman–Crippen MR) is 131 cm³/mol. The van der Waals surface area contributed by atoms with E-state index < -0.39 is 14.1 Å². The molecule has 0 spiro atoms. The van der Waals surface area contributed by atoms with E-state index in [4.69, 9.17) is 13.9 Å². The molecule has 2 aromatic rings. The van der Waals surface area contributed by atoms with Crippen LogP contribution in [0.15, 0.2) is 60.7 Å². The molecule has 0 radical (unpaired) electrons. The molecule has 0 saturated carbocycles. The Morgan fingerprint density at radius 1 is 0.935 bits per heavy atom. The van der Waals surface area contributed by atoms with Gasteiger partial charge in [-0.05, 0) is 42.2 Å². The van der Waals surface area contributed by atoms with Gasteiger partial charge in [0, 0.05) is 19.1 Å². The van der Waals surface area contributed by atoms with Gasteiger partial charge in [0.1, 0.15) is 0 Å². The smallest absolute Gasteiger partial charge is 0.261 e. The lowest BCUT2D eigenvalue weighted by molar-refractivity contribution is -0.261. The van der Waals surface area contributed by atoms with Gasteiger partial charge in [0.15, 0.2) is 5.79 Å². The summed E-state index contributed by atoms with van der Waals surface area (Å²) >= 11 is 0. The fourth-order valence-electron chi connectivity index (χ4n) is 4.33. The summed E-state index contributed by atoms with van der Waals surface area (Å²) in [4.78, 5) is 0. The number of nitrogens with one attached hydrogen (secondary N) is 1. The molecule has 0 bridgehead atoms. The molecule has 1 N–H and O–H groups in total. The zero-order valence-corrected chi connectivity index (χ0v) is 20.8. The minimum atomic E-state index is -2.43. The van der Waals surface area contributed by atoms with E-state index in [2.05, 4.69) is 86.8 Å². The molecular weight excluding hydrogens is 402 g/mol. The Morgan fingerprint density at radius 3 is 1.94 bits per heavy atom. The number of hydrogen-bond acceptors (Lipinski definition) is 4. The molecule has 0 unspecified atom stereocenters. The van der Waals surface area contributed by atoms with Crippen molar-refractivity contribution in [3.63, 3.8) is 0 Å².